The Balaban J connectivity index is 2.32. The summed E-state index contributed by atoms with van der Waals surface area (Å²) in [6.07, 6.45) is 1.92. The van der Waals surface area contributed by atoms with Crippen molar-refractivity contribution in [2.45, 2.75) is 13.5 Å². The number of nitrogens with zero attached hydrogens (tertiary/aromatic N) is 2. The number of aromatic nitrogens is 2. The summed E-state index contributed by atoms with van der Waals surface area (Å²) in [6, 6.07) is 0. The van der Waals surface area contributed by atoms with Crippen molar-refractivity contribution in [2.75, 3.05) is 20.1 Å². The highest BCUT2D eigenvalue weighted by atomic mass is 15.3. The molecule has 0 saturated heterocycles. The van der Waals surface area contributed by atoms with Gasteiger partial charge in [-0.3, -0.25) is 4.68 Å². The number of nitrogens with one attached hydrogen (secondary N) is 2. The molecule has 74 valence electrons. The van der Waals surface area contributed by atoms with Gasteiger partial charge < -0.3 is 10.6 Å². The Kier molecular flexibility index (Phi) is 3.92. The third-order valence-corrected chi connectivity index (χ3v) is 2.20. The summed E-state index contributed by atoms with van der Waals surface area (Å²) in [5, 5.41) is 10.6. The van der Waals surface area contributed by atoms with Crippen LogP contribution in [-0.4, -0.2) is 29.9 Å². The molecule has 1 heterocycles. The van der Waals surface area contributed by atoms with Crippen molar-refractivity contribution >= 4 is 0 Å². The van der Waals surface area contributed by atoms with E-state index in [4.69, 9.17) is 0 Å². The van der Waals surface area contributed by atoms with E-state index in [1.807, 2.05) is 25.0 Å². The van der Waals surface area contributed by atoms with Gasteiger partial charge in [0.25, 0.3) is 0 Å². The zero-order valence-corrected chi connectivity index (χ0v) is 8.59. The summed E-state index contributed by atoms with van der Waals surface area (Å²) in [5.41, 5.74) is 2.51. The number of aryl methyl sites for hydroxylation is 1. The van der Waals surface area contributed by atoms with Crippen molar-refractivity contribution in [1.29, 1.82) is 0 Å². The summed E-state index contributed by atoms with van der Waals surface area (Å²) in [6.45, 7) is 4.98. The molecule has 4 nitrogen and oxygen atoms in total. The van der Waals surface area contributed by atoms with Crippen LogP contribution >= 0.6 is 0 Å². The smallest absolute Gasteiger partial charge is 0.0537 e. The SMILES string of the molecule is CNCCNCc1cnn(C)c1C. The number of hydrogen-bond donors (Lipinski definition) is 2. The molecule has 0 radical (unpaired) electrons. The molecule has 1 aromatic rings. The van der Waals surface area contributed by atoms with Gasteiger partial charge in [0.05, 0.1) is 6.20 Å². The van der Waals surface area contributed by atoms with Crippen LogP contribution in [0.2, 0.25) is 0 Å². The largest absolute Gasteiger partial charge is 0.318 e. The van der Waals surface area contributed by atoms with E-state index in [-0.39, 0.29) is 0 Å². The number of hydrogen-bond acceptors (Lipinski definition) is 3. The van der Waals surface area contributed by atoms with E-state index in [9.17, 15) is 0 Å². The van der Waals surface area contributed by atoms with Gasteiger partial charge in [0, 0.05) is 37.9 Å². The lowest BCUT2D eigenvalue weighted by Crippen LogP contribution is -2.24. The molecule has 0 fully saturated rings. The highest BCUT2D eigenvalue weighted by Crippen LogP contribution is 2.03. The third-order valence-electron chi connectivity index (χ3n) is 2.20. The molecule has 0 aromatic carbocycles. The van der Waals surface area contributed by atoms with E-state index in [1.54, 1.807) is 0 Å². The summed E-state index contributed by atoms with van der Waals surface area (Å²) in [7, 11) is 3.92. The van der Waals surface area contributed by atoms with Crippen LogP contribution in [0.1, 0.15) is 11.3 Å². The first kappa shape index (κ1) is 10.2. The minimum atomic E-state index is 0.904. The molecule has 13 heavy (non-hydrogen) atoms. The van der Waals surface area contributed by atoms with Crippen molar-refractivity contribution in [2.24, 2.45) is 7.05 Å². The molecule has 4 heteroatoms. The van der Waals surface area contributed by atoms with Crippen LogP contribution in [0.5, 0.6) is 0 Å². The predicted octanol–water partition coefficient (Wildman–Crippen LogP) is 0.0375. The lowest BCUT2D eigenvalue weighted by Gasteiger charge is -2.03. The Hall–Kier alpha value is -0.870. The van der Waals surface area contributed by atoms with Crippen molar-refractivity contribution in [1.82, 2.24) is 20.4 Å². The third kappa shape index (κ3) is 2.82. The van der Waals surface area contributed by atoms with E-state index in [2.05, 4.69) is 22.7 Å². The summed E-state index contributed by atoms with van der Waals surface area (Å²) >= 11 is 0. The maximum absolute atomic E-state index is 4.18. The van der Waals surface area contributed by atoms with Gasteiger partial charge in [-0.15, -0.1) is 0 Å². The quantitative estimate of drug-likeness (QED) is 0.632. The Morgan fingerprint density at radius 2 is 2.23 bits per heavy atom. The van der Waals surface area contributed by atoms with E-state index in [0.717, 1.165) is 19.6 Å². The topological polar surface area (TPSA) is 41.9 Å². The molecule has 0 aliphatic carbocycles. The Morgan fingerprint density at radius 1 is 1.46 bits per heavy atom. The van der Waals surface area contributed by atoms with Crippen LogP contribution in [-0.2, 0) is 13.6 Å². The molecule has 0 aliphatic rings. The lowest BCUT2D eigenvalue weighted by atomic mass is 10.2. The molecule has 0 atom stereocenters. The highest BCUT2D eigenvalue weighted by molar-refractivity contribution is 5.15. The van der Waals surface area contributed by atoms with E-state index in [1.165, 1.54) is 11.3 Å². The molecule has 0 bridgehead atoms. The molecule has 0 saturated carbocycles. The van der Waals surface area contributed by atoms with Gasteiger partial charge in [0.2, 0.25) is 0 Å². The maximum Gasteiger partial charge on any atom is 0.0537 e. The first-order valence-electron chi connectivity index (χ1n) is 4.58. The minimum absolute atomic E-state index is 0.904. The number of likely N-dealkylation sites (N-methyl/N-ethyl adjacent to an activating group) is 1. The second-order valence-corrected chi connectivity index (χ2v) is 3.16. The van der Waals surface area contributed by atoms with Crippen LogP contribution in [0, 0.1) is 6.92 Å². The molecule has 0 aliphatic heterocycles. The monoisotopic (exact) mass is 182 g/mol. The Morgan fingerprint density at radius 3 is 2.77 bits per heavy atom. The van der Waals surface area contributed by atoms with Gasteiger partial charge >= 0.3 is 0 Å². The van der Waals surface area contributed by atoms with Gasteiger partial charge in [0.1, 0.15) is 0 Å². The van der Waals surface area contributed by atoms with Crippen LogP contribution in [0.4, 0.5) is 0 Å². The molecule has 2 N–H and O–H groups in total. The Bertz CT molecular complexity index is 254. The zero-order chi connectivity index (χ0) is 9.68. The van der Waals surface area contributed by atoms with Crippen molar-refractivity contribution < 1.29 is 0 Å². The van der Waals surface area contributed by atoms with Crippen LogP contribution in [0.25, 0.3) is 0 Å². The second-order valence-electron chi connectivity index (χ2n) is 3.16. The molecule has 0 unspecified atom stereocenters. The molecule has 1 aromatic heterocycles. The van der Waals surface area contributed by atoms with Gasteiger partial charge in [-0.1, -0.05) is 0 Å². The van der Waals surface area contributed by atoms with E-state index >= 15 is 0 Å². The van der Waals surface area contributed by atoms with Gasteiger partial charge in [0.15, 0.2) is 0 Å². The zero-order valence-electron chi connectivity index (χ0n) is 8.59. The number of rotatable bonds is 5. The Labute approximate surface area is 79.3 Å². The molecule has 1 rings (SSSR count). The van der Waals surface area contributed by atoms with Crippen LogP contribution in [0.3, 0.4) is 0 Å². The maximum atomic E-state index is 4.18. The van der Waals surface area contributed by atoms with Gasteiger partial charge in [-0.05, 0) is 14.0 Å². The normalized spacial score (nSPS) is 10.7. The van der Waals surface area contributed by atoms with Crippen molar-refractivity contribution in [3.05, 3.63) is 17.5 Å². The molecule has 0 spiro atoms. The molecular weight excluding hydrogens is 164 g/mol. The standard InChI is InChI=1S/C9H18N4/c1-8-9(7-12-13(8)3)6-11-5-4-10-2/h7,10-11H,4-6H2,1-3H3. The fraction of sp³-hybridized carbons (Fsp3) is 0.667. The first-order valence-corrected chi connectivity index (χ1v) is 4.58. The predicted molar refractivity (Wildman–Crippen MR) is 53.6 cm³/mol. The summed E-state index contributed by atoms with van der Waals surface area (Å²) in [5.74, 6) is 0. The first-order chi connectivity index (χ1) is 6.25. The fourth-order valence-corrected chi connectivity index (χ4v) is 1.15. The highest BCUT2D eigenvalue weighted by Gasteiger charge is 2.01. The van der Waals surface area contributed by atoms with E-state index < -0.39 is 0 Å². The van der Waals surface area contributed by atoms with Crippen LogP contribution < -0.4 is 10.6 Å². The fourth-order valence-electron chi connectivity index (χ4n) is 1.15. The summed E-state index contributed by atoms with van der Waals surface area (Å²) in [4.78, 5) is 0. The molecular formula is C9H18N4. The minimum Gasteiger partial charge on any atom is -0.318 e. The molecule has 0 amide bonds. The van der Waals surface area contributed by atoms with Gasteiger partial charge in [-0.25, -0.2) is 0 Å². The van der Waals surface area contributed by atoms with Crippen molar-refractivity contribution in [3.8, 4) is 0 Å². The van der Waals surface area contributed by atoms with Crippen molar-refractivity contribution in [3.63, 3.8) is 0 Å². The average molecular weight is 182 g/mol. The average Bonchev–Trinajstić information content (AvgIpc) is 2.43. The second kappa shape index (κ2) is 4.99. The van der Waals surface area contributed by atoms with E-state index in [0.29, 0.717) is 0 Å². The lowest BCUT2D eigenvalue weighted by molar-refractivity contribution is 0.647. The van der Waals surface area contributed by atoms with Crippen LogP contribution in [0.15, 0.2) is 6.20 Å². The van der Waals surface area contributed by atoms with Gasteiger partial charge in [-0.2, -0.15) is 5.10 Å². The summed E-state index contributed by atoms with van der Waals surface area (Å²) < 4.78 is 1.90.